The summed E-state index contributed by atoms with van der Waals surface area (Å²) in [6, 6.07) is 9.89. The van der Waals surface area contributed by atoms with Gasteiger partial charge in [0.15, 0.2) is 5.76 Å². The van der Waals surface area contributed by atoms with Crippen LogP contribution >= 0.6 is 11.6 Å². The molecule has 2 aromatic heterocycles. The van der Waals surface area contributed by atoms with Crippen LogP contribution in [0.25, 0.3) is 11.3 Å². The van der Waals surface area contributed by atoms with Gasteiger partial charge >= 0.3 is 0 Å². The lowest BCUT2D eigenvalue weighted by Crippen LogP contribution is -2.37. The van der Waals surface area contributed by atoms with Crippen LogP contribution < -0.4 is 5.32 Å². The quantitative estimate of drug-likeness (QED) is 0.797. The fourth-order valence-corrected chi connectivity index (χ4v) is 2.93. The molecule has 0 amide bonds. The number of aromatic nitrogens is 4. The van der Waals surface area contributed by atoms with Crippen molar-refractivity contribution in [2.24, 2.45) is 0 Å². The second kappa shape index (κ2) is 6.14. The van der Waals surface area contributed by atoms with Gasteiger partial charge in [0.2, 0.25) is 0 Å². The van der Waals surface area contributed by atoms with Gasteiger partial charge < -0.3 is 9.84 Å². The second-order valence-corrected chi connectivity index (χ2v) is 6.10. The van der Waals surface area contributed by atoms with Crippen LogP contribution in [0.1, 0.15) is 18.0 Å². The number of fused-ring (bicyclic) bond motifs is 1. The zero-order chi connectivity index (χ0) is 15.6. The number of nitrogens with one attached hydrogen (secondary N) is 1. The smallest absolute Gasteiger partial charge is 0.151 e. The van der Waals surface area contributed by atoms with E-state index in [2.05, 4.69) is 20.6 Å². The number of aryl methyl sites for hydroxylation is 1. The summed E-state index contributed by atoms with van der Waals surface area (Å²) >= 11 is 5.90. The van der Waals surface area contributed by atoms with Gasteiger partial charge in [0.25, 0.3) is 0 Å². The third-order valence-corrected chi connectivity index (χ3v) is 4.32. The number of benzene rings is 1. The Labute approximate surface area is 138 Å². The molecular formula is C16H16ClN5O. The molecule has 23 heavy (non-hydrogen) atoms. The first-order valence-electron chi connectivity index (χ1n) is 7.59. The molecular weight excluding hydrogens is 314 g/mol. The van der Waals surface area contributed by atoms with Gasteiger partial charge in [-0.25, -0.2) is 9.67 Å². The molecule has 7 heteroatoms. The van der Waals surface area contributed by atoms with Gasteiger partial charge in [0.1, 0.15) is 17.8 Å². The van der Waals surface area contributed by atoms with Crippen LogP contribution in [0.2, 0.25) is 5.02 Å². The maximum Gasteiger partial charge on any atom is 0.151 e. The van der Waals surface area contributed by atoms with Crippen molar-refractivity contribution in [3.05, 3.63) is 53.3 Å². The molecule has 0 spiro atoms. The molecule has 3 aromatic rings. The van der Waals surface area contributed by atoms with Crippen LogP contribution in [0, 0.1) is 0 Å². The molecule has 0 aliphatic carbocycles. The largest absolute Gasteiger partial charge is 0.359 e. The van der Waals surface area contributed by atoms with Gasteiger partial charge in [-0.05, 0) is 18.6 Å². The lowest BCUT2D eigenvalue weighted by atomic mass is 10.1. The average Bonchev–Trinajstić information content (AvgIpc) is 3.22. The van der Waals surface area contributed by atoms with E-state index in [1.54, 1.807) is 6.33 Å². The van der Waals surface area contributed by atoms with Crippen molar-refractivity contribution in [2.75, 3.05) is 0 Å². The van der Waals surface area contributed by atoms with E-state index in [1.807, 2.05) is 35.0 Å². The first kappa shape index (κ1) is 14.4. The summed E-state index contributed by atoms with van der Waals surface area (Å²) < 4.78 is 7.37. The van der Waals surface area contributed by atoms with E-state index >= 15 is 0 Å². The molecule has 4 rings (SSSR count). The summed E-state index contributed by atoms with van der Waals surface area (Å²) in [5.74, 6) is 1.88. The number of rotatable bonds is 4. The van der Waals surface area contributed by atoms with E-state index in [4.69, 9.17) is 16.1 Å². The second-order valence-electron chi connectivity index (χ2n) is 5.66. The fraction of sp³-hybridized carbons (Fsp3) is 0.312. The summed E-state index contributed by atoms with van der Waals surface area (Å²) in [6.07, 6.45) is 3.62. The normalized spacial score (nSPS) is 17.2. The zero-order valence-corrected chi connectivity index (χ0v) is 13.2. The van der Waals surface area contributed by atoms with Crippen molar-refractivity contribution >= 4 is 11.6 Å². The highest BCUT2D eigenvalue weighted by Gasteiger charge is 2.19. The summed E-state index contributed by atoms with van der Waals surface area (Å²) in [6.45, 7) is 1.49. The Morgan fingerprint density at radius 3 is 3.04 bits per heavy atom. The Hall–Kier alpha value is -2.18. The van der Waals surface area contributed by atoms with E-state index in [9.17, 15) is 0 Å². The Balaban J connectivity index is 1.38. The molecule has 0 fully saturated rings. The summed E-state index contributed by atoms with van der Waals surface area (Å²) in [7, 11) is 0. The van der Waals surface area contributed by atoms with Crippen LogP contribution in [-0.2, 0) is 19.5 Å². The van der Waals surface area contributed by atoms with E-state index < -0.39 is 0 Å². The molecule has 0 radical (unpaired) electrons. The van der Waals surface area contributed by atoms with Crippen LogP contribution in [-0.4, -0.2) is 26.0 Å². The maximum atomic E-state index is 5.90. The standard InChI is InChI=1S/C16H16ClN5O/c17-12-3-1-11(2-4-12)15-7-14(23-21-15)8-18-13-5-6-16-19-10-20-22(16)9-13/h1-4,7,10,13,18H,5-6,8-9H2. The highest BCUT2D eigenvalue weighted by atomic mass is 35.5. The highest BCUT2D eigenvalue weighted by molar-refractivity contribution is 6.30. The Morgan fingerprint density at radius 1 is 1.30 bits per heavy atom. The molecule has 1 aromatic carbocycles. The van der Waals surface area contributed by atoms with E-state index in [1.165, 1.54) is 0 Å². The lowest BCUT2D eigenvalue weighted by molar-refractivity contribution is 0.325. The average molecular weight is 330 g/mol. The molecule has 1 N–H and O–H groups in total. The maximum absolute atomic E-state index is 5.90. The fourth-order valence-electron chi connectivity index (χ4n) is 2.80. The minimum absolute atomic E-state index is 0.369. The number of halogens is 1. The van der Waals surface area contributed by atoms with Gasteiger partial charge in [-0.3, -0.25) is 0 Å². The topological polar surface area (TPSA) is 68.8 Å². The molecule has 1 unspecified atom stereocenters. The summed E-state index contributed by atoms with van der Waals surface area (Å²) in [4.78, 5) is 4.24. The van der Waals surface area contributed by atoms with Gasteiger partial charge in [0.05, 0.1) is 13.1 Å². The van der Waals surface area contributed by atoms with Crippen LogP contribution in [0.4, 0.5) is 0 Å². The lowest BCUT2D eigenvalue weighted by Gasteiger charge is -2.23. The molecule has 1 aliphatic rings. The van der Waals surface area contributed by atoms with Gasteiger partial charge in [-0.1, -0.05) is 28.9 Å². The Morgan fingerprint density at radius 2 is 2.17 bits per heavy atom. The molecule has 0 saturated heterocycles. The molecule has 0 bridgehead atoms. The Kier molecular flexibility index (Phi) is 3.85. The molecule has 1 atom stereocenters. The molecule has 3 heterocycles. The van der Waals surface area contributed by atoms with Crippen molar-refractivity contribution in [1.82, 2.24) is 25.2 Å². The molecule has 6 nitrogen and oxygen atoms in total. The predicted octanol–water partition coefficient (Wildman–Crippen LogP) is 2.69. The van der Waals surface area contributed by atoms with Crippen molar-refractivity contribution in [2.45, 2.75) is 32.0 Å². The summed E-state index contributed by atoms with van der Waals surface area (Å²) in [5, 5.41) is 12.6. The third kappa shape index (κ3) is 3.13. The van der Waals surface area contributed by atoms with E-state index in [0.717, 1.165) is 42.2 Å². The zero-order valence-electron chi connectivity index (χ0n) is 12.4. The van der Waals surface area contributed by atoms with E-state index in [-0.39, 0.29) is 0 Å². The van der Waals surface area contributed by atoms with Crippen molar-refractivity contribution in [3.63, 3.8) is 0 Å². The first-order chi connectivity index (χ1) is 11.3. The van der Waals surface area contributed by atoms with Gasteiger partial charge in [-0.15, -0.1) is 0 Å². The van der Waals surface area contributed by atoms with Crippen molar-refractivity contribution in [3.8, 4) is 11.3 Å². The highest BCUT2D eigenvalue weighted by Crippen LogP contribution is 2.21. The number of hydrogen-bond donors (Lipinski definition) is 1. The monoisotopic (exact) mass is 329 g/mol. The third-order valence-electron chi connectivity index (χ3n) is 4.07. The van der Waals surface area contributed by atoms with Crippen LogP contribution in [0.3, 0.4) is 0 Å². The number of nitrogens with zero attached hydrogens (tertiary/aromatic N) is 4. The predicted molar refractivity (Wildman–Crippen MR) is 85.9 cm³/mol. The van der Waals surface area contributed by atoms with Crippen molar-refractivity contribution in [1.29, 1.82) is 0 Å². The van der Waals surface area contributed by atoms with Gasteiger partial charge in [0, 0.05) is 29.1 Å². The molecule has 1 aliphatic heterocycles. The van der Waals surface area contributed by atoms with Gasteiger partial charge in [-0.2, -0.15) is 5.10 Å². The van der Waals surface area contributed by atoms with Crippen LogP contribution in [0.5, 0.6) is 0 Å². The summed E-state index contributed by atoms with van der Waals surface area (Å²) in [5.41, 5.74) is 1.81. The minimum Gasteiger partial charge on any atom is -0.359 e. The molecule has 0 saturated carbocycles. The van der Waals surface area contributed by atoms with Crippen molar-refractivity contribution < 1.29 is 4.52 Å². The first-order valence-corrected chi connectivity index (χ1v) is 7.97. The Bertz CT molecular complexity index is 795. The molecule has 118 valence electrons. The minimum atomic E-state index is 0.369. The van der Waals surface area contributed by atoms with Crippen LogP contribution in [0.15, 0.2) is 41.2 Å². The van der Waals surface area contributed by atoms with E-state index in [0.29, 0.717) is 17.6 Å². The number of hydrogen-bond acceptors (Lipinski definition) is 5. The SMILES string of the molecule is Clc1ccc(-c2cc(CNC3CCc4ncnn4C3)on2)cc1.